The van der Waals surface area contributed by atoms with E-state index in [1.807, 2.05) is 0 Å². The van der Waals surface area contributed by atoms with Crippen molar-refractivity contribution in [1.82, 2.24) is 5.32 Å². The minimum absolute atomic E-state index is 0.0873. The maximum Gasteiger partial charge on any atom is 0.0578 e. The number of nitrogens with one attached hydrogen (secondary N) is 1. The molecule has 0 aliphatic heterocycles. The Labute approximate surface area is 87.6 Å². The topological polar surface area (TPSA) is 38.0 Å². The Kier molecular flexibility index (Phi) is 3.97. The Morgan fingerprint density at radius 2 is 2.21 bits per heavy atom. The maximum atomic E-state index is 5.90. The van der Waals surface area contributed by atoms with Gasteiger partial charge in [0.2, 0.25) is 0 Å². The van der Waals surface area contributed by atoms with E-state index in [1.54, 1.807) is 0 Å². The van der Waals surface area contributed by atoms with Crippen LogP contribution in [0.15, 0.2) is 0 Å². The smallest absolute Gasteiger partial charge is 0.0578 e. The van der Waals surface area contributed by atoms with Gasteiger partial charge in [0.15, 0.2) is 0 Å². The number of hydrogen-bond donors (Lipinski definition) is 2. The maximum absolute atomic E-state index is 5.90. The summed E-state index contributed by atoms with van der Waals surface area (Å²) in [5, 5.41) is 3.45. The third-order valence-corrected chi connectivity index (χ3v) is 3.66. The molecule has 1 saturated carbocycles. The largest absolute Gasteiger partial charge is 0.329 e. The summed E-state index contributed by atoms with van der Waals surface area (Å²) >= 11 is 0. The highest BCUT2D eigenvalue weighted by molar-refractivity contribution is 5.01. The van der Waals surface area contributed by atoms with Gasteiger partial charge in [-0.25, -0.2) is 0 Å². The SMILES string of the molecule is C#CCNC1(CN)CC(C)CCC1C. The van der Waals surface area contributed by atoms with Crippen molar-refractivity contribution >= 4 is 0 Å². The van der Waals surface area contributed by atoms with Crippen LogP contribution in [-0.2, 0) is 0 Å². The molecule has 0 amide bonds. The van der Waals surface area contributed by atoms with Gasteiger partial charge in [-0.05, 0) is 24.7 Å². The Hall–Kier alpha value is -0.520. The summed E-state index contributed by atoms with van der Waals surface area (Å²) in [5.41, 5.74) is 5.99. The molecule has 0 heterocycles. The zero-order valence-corrected chi connectivity index (χ0v) is 9.34. The van der Waals surface area contributed by atoms with Crippen molar-refractivity contribution in [2.75, 3.05) is 13.1 Å². The normalized spacial score (nSPS) is 37.9. The van der Waals surface area contributed by atoms with Crippen molar-refractivity contribution < 1.29 is 0 Å². The summed E-state index contributed by atoms with van der Waals surface area (Å²) in [6.07, 6.45) is 9.03. The lowest BCUT2D eigenvalue weighted by molar-refractivity contribution is 0.131. The molecule has 0 radical (unpaired) electrons. The van der Waals surface area contributed by atoms with Gasteiger partial charge >= 0.3 is 0 Å². The second-order valence-corrected chi connectivity index (χ2v) is 4.71. The van der Waals surface area contributed by atoms with Crippen molar-refractivity contribution in [2.24, 2.45) is 17.6 Å². The molecule has 2 heteroatoms. The second kappa shape index (κ2) is 4.82. The van der Waals surface area contributed by atoms with Crippen LogP contribution in [-0.4, -0.2) is 18.6 Å². The van der Waals surface area contributed by atoms with Crippen LogP contribution in [0.4, 0.5) is 0 Å². The zero-order chi connectivity index (χ0) is 10.6. The van der Waals surface area contributed by atoms with Gasteiger partial charge in [0.05, 0.1) is 6.54 Å². The molecule has 0 aromatic heterocycles. The van der Waals surface area contributed by atoms with Crippen LogP contribution in [0.1, 0.15) is 33.1 Å². The van der Waals surface area contributed by atoms with E-state index in [9.17, 15) is 0 Å². The molecule has 1 aliphatic rings. The Bertz CT molecular complexity index is 219. The van der Waals surface area contributed by atoms with E-state index in [1.165, 1.54) is 12.8 Å². The first-order chi connectivity index (χ1) is 6.64. The molecular weight excluding hydrogens is 172 g/mol. The van der Waals surface area contributed by atoms with Crippen molar-refractivity contribution in [2.45, 2.75) is 38.6 Å². The van der Waals surface area contributed by atoms with E-state index >= 15 is 0 Å². The first-order valence-electron chi connectivity index (χ1n) is 5.53. The number of terminal acetylenes is 1. The highest BCUT2D eigenvalue weighted by Crippen LogP contribution is 2.36. The predicted molar refractivity (Wildman–Crippen MR) is 60.8 cm³/mol. The van der Waals surface area contributed by atoms with Gasteiger partial charge in [-0.1, -0.05) is 26.2 Å². The second-order valence-electron chi connectivity index (χ2n) is 4.71. The first kappa shape index (κ1) is 11.6. The molecule has 3 unspecified atom stereocenters. The summed E-state index contributed by atoms with van der Waals surface area (Å²) in [4.78, 5) is 0. The van der Waals surface area contributed by atoms with Crippen LogP contribution >= 0.6 is 0 Å². The van der Waals surface area contributed by atoms with E-state index in [0.717, 1.165) is 12.3 Å². The van der Waals surface area contributed by atoms with Gasteiger partial charge in [0.1, 0.15) is 0 Å². The lowest BCUT2D eigenvalue weighted by Crippen LogP contribution is -2.58. The molecule has 0 spiro atoms. The standard InChI is InChI=1S/C12H22N2/c1-4-7-14-12(9-13)8-10(2)5-6-11(12)3/h1,10-11,14H,5-9,13H2,2-3H3. The monoisotopic (exact) mass is 194 g/mol. The highest BCUT2D eigenvalue weighted by atomic mass is 15.0. The third-order valence-electron chi connectivity index (χ3n) is 3.66. The third kappa shape index (κ3) is 2.29. The van der Waals surface area contributed by atoms with Gasteiger partial charge in [-0.15, -0.1) is 6.42 Å². The Balaban J connectivity index is 2.68. The van der Waals surface area contributed by atoms with Crippen LogP contribution in [0.25, 0.3) is 0 Å². The fourth-order valence-electron chi connectivity index (χ4n) is 2.57. The Morgan fingerprint density at radius 3 is 2.79 bits per heavy atom. The molecule has 14 heavy (non-hydrogen) atoms. The molecule has 1 rings (SSSR count). The van der Waals surface area contributed by atoms with Crippen molar-refractivity contribution in [1.29, 1.82) is 0 Å². The molecule has 3 atom stereocenters. The van der Waals surface area contributed by atoms with Gasteiger partial charge in [-0.2, -0.15) is 0 Å². The van der Waals surface area contributed by atoms with Gasteiger partial charge in [-0.3, -0.25) is 5.32 Å². The fourth-order valence-corrected chi connectivity index (χ4v) is 2.57. The Morgan fingerprint density at radius 1 is 1.50 bits per heavy atom. The fraction of sp³-hybridized carbons (Fsp3) is 0.833. The summed E-state index contributed by atoms with van der Waals surface area (Å²) < 4.78 is 0. The summed E-state index contributed by atoms with van der Waals surface area (Å²) in [6.45, 7) is 5.91. The summed E-state index contributed by atoms with van der Waals surface area (Å²) in [5.74, 6) is 4.04. The molecule has 0 saturated heterocycles. The van der Waals surface area contributed by atoms with Crippen LogP contribution in [0, 0.1) is 24.2 Å². The lowest BCUT2D eigenvalue weighted by atomic mass is 9.69. The average molecular weight is 194 g/mol. The van der Waals surface area contributed by atoms with Crippen molar-refractivity contribution in [3.63, 3.8) is 0 Å². The molecule has 0 bridgehead atoms. The number of nitrogens with two attached hydrogens (primary N) is 1. The number of rotatable bonds is 3. The van der Waals surface area contributed by atoms with Gasteiger partial charge in [0.25, 0.3) is 0 Å². The minimum atomic E-state index is 0.0873. The van der Waals surface area contributed by atoms with E-state index < -0.39 is 0 Å². The number of hydrogen-bond acceptors (Lipinski definition) is 2. The zero-order valence-electron chi connectivity index (χ0n) is 9.34. The van der Waals surface area contributed by atoms with Crippen molar-refractivity contribution in [3.8, 4) is 12.3 Å². The molecule has 0 aromatic rings. The lowest BCUT2D eigenvalue weighted by Gasteiger charge is -2.45. The van der Waals surface area contributed by atoms with Crippen molar-refractivity contribution in [3.05, 3.63) is 0 Å². The minimum Gasteiger partial charge on any atom is -0.329 e. The van der Waals surface area contributed by atoms with Crippen LogP contribution in [0.5, 0.6) is 0 Å². The quantitative estimate of drug-likeness (QED) is 0.666. The van der Waals surface area contributed by atoms with Gasteiger partial charge in [0, 0.05) is 12.1 Å². The van der Waals surface area contributed by atoms with E-state index in [0.29, 0.717) is 19.0 Å². The molecule has 3 N–H and O–H groups in total. The van der Waals surface area contributed by atoms with E-state index in [4.69, 9.17) is 12.2 Å². The van der Waals surface area contributed by atoms with Crippen LogP contribution in [0.2, 0.25) is 0 Å². The first-order valence-corrected chi connectivity index (χ1v) is 5.53. The summed E-state index contributed by atoms with van der Waals surface area (Å²) in [7, 11) is 0. The average Bonchev–Trinajstić information content (AvgIpc) is 2.20. The molecule has 80 valence electrons. The molecule has 2 nitrogen and oxygen atoms in total. The van der Waals surface area contributed by atoms with E-state index in [2.05, 4.69) is 25.1 Å². The molecular formula is C12H22N2. The van der Waals surface area contributed by atoms with Crippen LogP contribution in [0.3, 0.4) is 0 Å². The highest BCUT2D eigenvalue weighted by Gasteiger charge is 2.38. The molecule has 0 aromatic carbocycles. The molecule has 1 fully saturated rings. The molecule has 1 aliphatic carbocycles. The van der Waals surface area contributed by atoms with Gasteiger partial charge < -0.3 is 5.73 Å². The van der Waals surface area contributed by atoms with Crippen LogP contribution < -0.4 is 11.1 Å². The predicted octanol–water partition coefficient (Wildman–Crippen LogP) is 1.36. The van der Waals surface area contributed by atoms with E-state index in [-0.39, 0.29) is 5.54 Å². The summed E-state index contributed by atoms with van der Waals surface area (Å²) in [6, 6.07) is 0.